The highest BCUT2D eigenvalue weighted by Gasteiger charge is 2.61. The van der Waals surface area contributed by atoms with Crippen molar-refractivity contribution in [2.45, 2.75) is 77.0 Å². The summed E-state index contributed by atoms with van der Waals surface area (Å²) >= 11 is 0. The van der Waals surface area contributed by atoms with Crippen molar-refractivity contribution < 1.29 is 0 Å². The second kappa shape index (κ2) is 8.97. The van der Waals surface area contributed by atoms with Crippen LogP contribution in [0, 0.1) is 0 Å². The molecule has 0 N–H and O–H groups in total. The van der Waals surface area contributed by atoms with E-state index >= 15 is 0 Å². The summed E-state index contributed by atoms with van der Waals surface area (Å²) in [5, 5.41) is 0. The number of hydrogen-bond donors (Lipinski definition) is 0. The first-order valence-electron chi connectivity index (χ1n) is 11.3. The molecule has 4 aliphatic rings. The quantitative estimate of drug-likeness (QED) is 0.673. The summed E-state index contributed by atoms with van der Waals surface area (Å²) in [5.41, 5.74) is 0. The van der Waals surface area contributed by atoms with Crippen molar-refractivity contribution in [3.63, 3.8) is 0 Å². The summed E-state index contributed by atoms with van der Waals surface area (Å²) in [7, 11) is -1.46. The van der Waals surface area contributed by atoms with Crippen molar-refractivity contribution >= 4 is 7.87 Å². The van der Waals surface area contributed by atoms with Crippen LogP contribution in [0.4, 0.5) is 0 Å². The lowest BCUT2D eigenvalue weighted by molar-refractivity contribution is 0.185. The number of hydrogen-bond acceptors (Lipinski definition) is 4. The van der Waals surface area contributed by atoms with Gasteiger partial charge in [0.05, 0.1) is 0 Å². The molecule has 0 radical (unpaired) electrons. The molecule has 4 rings (SSSR count). The van der Waals surface area contributed by atoms with E-state index in [-0.39, 0.29) is 0 Å². The number of piperidine rings is 4. The van der Waals surface area contributed by atoms with Crippen LogP contribution in [-0.2, 0) is 0 Å². The van der Waals surface area contributed by atoms with Gasteiger partial charge in [0.1, 0.15) is 0 Å². The highest BCUT2D eigenvalue weighted by molar-refractivity contribution is 7.66. The van der Waals surface area contributed by atoms with Gasteiger partial charge in [-0.1, -0.05) is 25.7 Å². The van der Waals surface area contributed by atoms with E-state index in [1.165, 1.54) is 129 Å². The van der Waals surface area contributed by atoms with Crippen LogP contribution in [0.25, 0.3) is 0 Å². The standard InChI is InChI=1S/C20H40N4P/c1-5-13-21(14-6-1)25(22-15-7-2-8-16-22,23-17-9-3-10-18-23)24-19-11-4-12-20-24/h1-20H2/q+1. The van der Waals surface area contributed by atoms with E-state index < -0.39 is 7.87 Å². The third kappa shape index (κ3) is 3.80. The van der Waals surface area contributed by atoms with Crippen LogP contribution in [0.5, 0.6) is 0 Å². The van der Waals surface area contributed by atoms with Gasteiger partial charge in [-0.3, -0.25) is 0 Å². The minimum absolute atomic E-state index is 1.36. The molecule has 0 amide bonds. The minimum atomic E-state index is -1.46. The minimum Gasteiger partial charge on any atom is -0.133 e. The first kappa shape index (κ1) is 18.6. The molecule has 0 atom stereocenters. The zero-order valence-corrected chi connectivity index (χ0v) is 17.3. The van der Waals surface area contributed by atoms with Gasteiger partial charge in [0.25, 0.3) is 0 Å². The summed E-state index contributed by atoms with van der Waals surface area (Å²) < 4.78 is 12.2. The van der Waals surface area contributed by atoms with Gasteiger partial charge in [0.15, 0.2) is 0 Å². The van der Waals surface area contributed by atoms with Gasteiger partial charge in [0.2, 0.25) is 0 Å². The Hall–Kier alpha value is 0.270. The molecular formula is C20H40N4P+. The zero-order valence-electron chi connectivity index (χ0n) is 16.4. The summed E-state index contributed by atoms with van der Waals surface area (Å²) in [4.78, 5) is 0. The van der Waals surface area contributed by atoms with Crippen molar-refractivity contribution in [3.8, 4) is 0 Å². The molecular weight excluding hydrogens is 327 g/mol. The average Bonchev–Trinajstić information content (AvgIpc) is 2.72. The third-order valence-electron chi connectivity index (χ3n) is 6.85. The first-order chi connectivity index (χ1) is 12.4. The van der Waals surface area contributed by atoms with Crippen LogP contribution in [0.2, 0.25) is 0 Å². The van der Waals surface area contributed by atoms with Gasteiger partial charge in [-0.15, -0.1) is 18.7 Å². The largest absolute Gasteiger partial charge is 0.308 e. The molecule has 0 spiro atoms. The summed E-state index contributed by atoms with van der Waals surface area (Å²) in [6.45, 7) is 10.9. The van der Waals surface area contributed by atoms with Crippen molar-refractivity contribution in [3.05, 3.63) is 0 Å². The maximum absolute atomic E-state index is 3.04. The lowest BCUT2D eigenvalue weighted by Gasteiger charge is -2.54. The molecule has 0 bridgehead atoms. The van der Waals surface area contributed by atoms with Gasteiger partial charge in [-0.05, 0) is 51.4 Å². The molecule has 4 fully saturated rings. The second-order valence-electron chi connectivity index (χ2n) is 8.59. The summed E-state index contributed by atoms with van der Waals surface area (Å²) in [6, 6.07) is 0. The number of rotatable bonds is 4. The van der Waals surface area contributed by atoms with E-state index in [1.54, 1.807) is 0 Å². The van der Waals surface area contributed by atoms with Crippen molar-refractivity contribution in [2.24, 2.45) is 0 Å². The molecule has 5 heteroatoms. The predicted molar refractivity (Wildman–Crippen MR) is 109 cm³/mol. The highest BCUT2D eigenvalue weighted by Crippen LogP contribution is 2.71. The molecule has 4 aliphatic heterocycles. The Morgan fingerprint density at radius 1 is 0.280 bits per heavy atom. The Kier molecular flexibility index (Phi) is 6.68. The van der Waals surface area contributed by atoms with E-state index in [0.29, 0.717) is 0 Å². The van der Waals surface area contributed by atoms with E-state index in [0.717, 1.165) is 0 Å². The first-order valence-corrected chi connectivity index (χ1v) is 12.9. The molecule has 144 valence electrons. The van der Waals surface area contributed by atoms with Gasteiger partial charge in [-0.25, -0.2) is 0 Å². The van der Waals surface area contributed by atoms with Crippen LogP contribution >= 0.6 is 7.87 Å². The van der Waals surface area contributed by atoms with Crippen LogP contribution in [-0.4, -0.2) is 71.0 Å². The summed E-state index contributed by atoms with van der Waals surface area (Å²) in [6.07, 6.45) is 17.2. The molecule has 0 saturated carbocycles. The molecule has 4 heterocycles. The van der Waals surface area contributed by atoms with Gasteiger partial charge in [-0.2, -0.15) is 0 Å². The normalized spacial score (nSPS) is 29.8. The molecule has 0 unspecified atom stereocenters. The number of nitrogens with zero attached hydrogens (tertiary/aromatic N) is 4. The van der Waals surface area contributed by atoms with Crippen LogP contribution in [0.1, 0.15) is 77.0 Å². The molecule has 0 aliphatic carbocycles. The smallest absolute Gasteiger partial charge is 0.133 e. The Bertz CT molecular complexity index is 317. The van der Waals surface area contributed by atoms with Crippen LogP contribution in [0.15, 0.2) is 0 Å². The molecule has 0 aromatic heterocycles. The monoisotopic (exact) mass is 367 g/mol. The zero-order chi connectivity index (χ0) is 17.0. The second-order valence-corrected chi connectivity index (χ2v) is 11.9. The molecule has 4 nitrogen and oxygen atoms in total. The molecule has 0 aromatic carbocycles. The van der Waals surface area contributed by atoms with Crippen LogP contribution < -0.4 is 0 Å². The van der Waals surface area contributed by atoms with E-state index in [2.05, 4.69) is 18.7 Å². The fraction of sp³-hybridized carbons (Fsp3) is 1.00. The van der Waals surface area contributed by atoms with Crippen molar-refractivity contribution in [2.75, 3.05) is 52.4 Å². The third-order valence-corrected chi connectivity index (χ3v) is 11.5. The highest BCUT2D eigenvalue weighted by atomic mass is 31.2. The average molecular weight is 368 g/mol. The topological polar surface area (TPSA) is 13.0 Å². The lowest BCUT2D eigenvalue weighted by Crippen LogP contribution is -2.56. The fourth-order valence-corrected chi connectivity index (χ4v) is 11.1. The lowest BCUT2D eigenvalue weighted by atomic mass is 10.2. The maximum Gasteiger partial charge on any atom is 0.308 e. The Balaban J connectivity index is 1.70. The van der Waals surface area contributed by atoms with Gasteiger partial charge < -0.3 is 0 Å². The van der Waals surface area contributed by atoms with E-state index in [9.17, 15) is 0 Å². The molecule has 4 saturated heterocycles. The molecule has 25 heavy (non-hydrogen) atoms. The van der Waals surface area contributed by atoms with Crippen molar-refractivity contribution in [1.82, 2.24) is 18.7 Å². The SMILES string of the molecule is C1CCN([P+](N2CCCCC2)(N2CCCCC2)N2CCCCC2)CC1. The van der Waals surface area contributed by atoms with Gasteiger partial charge >= 0.3 is 7.87 Å². The van der Waals surface area contributed by atoms with Crippen molar-refractivity contribution in [1.29, 1.82) is 0 Å². The Labute approximate surface area is 156 Å². The Morgan fingerprint density at radius 3 is 0.680 bits per heavy atom. The van der Waals surface area contributed by atoms with Gasteiger partial charge in [0, 0.05) is 52.4 Å². The maximum atomic E-state index is 3.04. The Morgan fingerprint density at radius 2 is 0.480 bits per heavy atom. The van der Waals surface area contributed by atoms with E-state index in [1.807, 2.05) is 0 Å². The van der Waals surface area contributed by atoms with E-state index in [4.69, 9.17) is 0 Å². The predicted octanol–water partition coefficient (Wildman–Crippen LogP) is 4.61. The fourth-order valence-electron chi connectivity index (χ4n) is 5.66. The van der Waals surface area contributed by atoms with Crippen LogP contribution in [0.3, 0.4) is 0 Å². The summed E-state index contributed by atoms with van der Waals surface area (Å²) in [5.74, 6) is 0. The molecule has 0 aromatic rings.